The van der Waals surface area contributed by atoms with Gasteiger partial charge in [-0.1, -0.05) is 39.3 Å². The van der Waals surface area contributed by atoms with Gasteiger partial charge in [0.2, 0.25) is 5.91 Å². The predicted octanol–water partition coefficient (Wildman–Crippen LogP) is 1.13. The van der Waals surface area contributed by atoms with Gasteiger partial charge in [-0.3, -0.25) is 19.1 Å². The van der Waals surface area contributed by atoms with E-state index in [0.717, 1.165) is 24.1 Å². The maximum absolute atomic E-state index is 13.3. The molecule has 11 nitrogen and oxygen atoms in total. The van der Waals surface area contributed by atoms with Crippen molar-refractivity contribution in [1.29, 1.82) is 0 Å². The number of benzene rings is 1. The largest absolute Gasteiger partial charge is 0.383 e. The van der Waals surface area contributed by atoms with Gasteiger partial charge in [-0.05, 0) is 40.5 Å². The molecule has 0 saturated heterocycles. The molecule has 1 amide bonds. The van der Waals surface area contributed by atoms with Crippen LogP contribution in [0.3, 0.4) is 0 Å². The number of aromatic nitrogens is 6. The minimum absolute atomic E-state index is 0.00947. The van der Waals surface area contributed by atoms with E-state index in [4.69, 9.17) is 5.73 Å². The van der Waals surface area contributed by atoms with Crippen LogP contribution in [0.5, 0.6) is 0 Å². The monoisotopic (exact) mass is 440 g/mol. The first-order valence-electron chi connectivity index (χ1n) is 10.6. The molecule has 0 aliphatic carbocycles. The molecule has 0 unspecified atom stereocenters. The number of anilines is 2. The summed E-state index contributed by atoms with van der Waals surface area (Å²) in [5, 5.41) is 11.0. The second kappa shape index (κ2) is 10.0. The summed E-state index contributed by atoms with van der Waals surface area (Å²) in [6, 6.07) is 7.21. The van der Waals surface area contributed by atoms with Gasteiger partial charge in [0.05, 0.1) is 12.1 Å². The summed E-state index contributed by atoms with van der Waals surface area (Å²) in [5.41, 5.74) is 6.54. The molecule has 1 aromatic carbocycles. The molecule has 0 aliphatic heterocycles. The van der Waals surface area contributed by atoms with Crippen molar-refractivity contribution in [1.82, 2.24) is 29.8 Å². The van der Waals surface area contributed by atoms with Gasteiger partial charge in [0.15, 0.2) is 5.69 Å². The lowest BCUT2D eigenvalue weighted by molar-refractivity contribution is -0.118. The topological polar surface area (TPSA) is 145 Å². The van der Waals surface area contributed by atoms with Crippen LogP contribution in [0.4, 0.5) is 11.5 Å². The first kappa shape index (κ1) is 22.9. The summed E-state index contributed by atoms with van der Waals surface area (Å²) < 4.78 is 2.83. The van der Waals surface area contributed by atoms with E-state index >= 15 is 0 Å². The molecule has 3 N–H and O–H groups in total. The minimum atomic E-state index is -0.664. The number of nitrogens with one attached hydrogen (secondary N) is 1. The second-order valence-corrected chi connectivity index (χ2v) is 7.99. The number of carbonyl (C=O) groups is 1. The Labute approximate surface area is 184 Å². The van der Waals surface area contributed by atoms with Crippen LogP contribution in [0.2, 0.25) is 0 Å². The Balaban J connectivity index is 1.92. The number of unbranched alkanes of at least 4 members (excludes halogenated alkanes) is 1. The van der Waals surface area contributed by atoms with Gasteiger partial charge < -0.3 is 10.6 Å². The van der Waals surface area contributed by atoms with E-state index in [1.807, 2.05) is 20.8 Å². The number of amides is 1. The SMILES string of the molecule is CCCCn1c(N)c(N(CC(C)C)C(=O)Cc2ccc(-n3cnnn3)cc2)c(=O)[nH]c1=O. The van der Waals surface area contributed by atoms with Gasteiger partial charge in [-0.2, -0.15) is 0 Å². The maximum Gasteiger partial charge on any atom is 0.330 e. The number of nitrogens with zero attached hydrogens (tertiary/aromatic N) is 6. The van der Waals surface area contributed by atoms with Crippen LogP contribution in [-0.2, 0) is 17.8 Å². The van der Waals surface area contributed by atoms with Gasteiger partial charge in [0.25, 0.3) is 5.56 Å². The van der Waals surface area contributed by atoms with E-state index in [1.165, 1.54) is 20.5 Å². The quantitative estimate of drug-likeness (QED) is 0.507. The van der Waals surface area contributed by atoms with Crippen LogP contribution in [-0.4, -0.2) is 42.2 Å². The fraction of sp³-hybridized carbons (Fsp3) is 0.429. The third kappa shape index (κ3) is 5.10. The highest BCUT2D eigenvalue weighted by molar-refractivity contribution is 5.96. The maximum atomic E-state index is 13.3. The Hall–Kier alpha value is -3.76. The highest BCUT2D eigenvalue weighted by atomic mass is 16.2. The van der Waals surface area contributed by atoms with Crippen molar-refractivity contribution in [3.8, 4) is 5.69 Å². The molecule has 2 heterocycles. The molecular formula is C21H28N8O3. The molecule has 0 bridgehead atoms. The standard InChI is InChI=1S/C21H28N8O3/c1-4-5-10-27-19(22)18(20(31)24-21(27)32)28(12-14(2)3)17(30)11-15-6-8-16(9-7-15)29-13-23-25-26-29/h6-9,13-14H,4-5,10-12,22H2,1-3H3,(H,24,31,32). The summed E-state index contributed by atoms with van der Waals surface area (Å²) in [5.74, 6) is -0.196. The lowest BCUT2D eigenvalue weighted by Crippen LogP contribution is -2.43. The number of nitrogen functional groups attached to an aromatic ring is 1. The number of hydrogen-bond donors (Lipinski definition) is 2. The van der Waals surface area contributed by atoms with Crippen molar-refractivity contribution < 1.29 is 4.79 Å². The predicted molar refractivity (Wildman–Crippen MR) is 121 cm³/mol. The van der Waals surface area contributed by atoms with Crippen LogP contribution >= 0.6 is 0 Å². The zero-order chi connectivity index (χ0) is 23.3. The number of H-pyrrole nitrogens is 1. The molecule has 0 saturated carbocycles. The number of aromatic amines is 1. The molecule has 0 spiro atoms. The van der Waals surface area contributed by atoms with Crippen LogP contribution < -0.4 is 21.9 Å². The number of nitrogens with two attached hydrogens (primary N) is 1. The molecular weight excluding hydrogens is 412 g/mol. The summed E-state index contributed by atoms with van der Waals surface area (Å²) >= 11 is 0. The first-order chi connectivity index (χ1) is 15.3. The Morgan fingerprint density at radius 3 is 2.53 bits per heavy atom. The zero-order valence-electron chi connectivity index (χ0n) is 18.5. The molecule has 32 heavy (non-hydrogen) atoms. The molecule has 0 radical (unpaired) electrons. The summed E-state index contributed by atoms with van der Waals surface area (Å²) in [4.78, 5) is 41.9. The van der Waals surface area contributed by atoms with E-state index in [9.17, 15) is 14.4 Å². The Bertz CT molecular complexity index is 1160. The lowest BCUT2D eigenvalue weighted by Gasteiger charge is -2.26. The van der Waals surface area contributed by atoms with Crippen LogP contribution in [0.1, 0.15) is 39.2 Å². The molecule has 3 rings (SSSR count). The Morgan fingerprint density at radius 2 is 1.94 bits per heavy atom. The first-order valence-corrected chi connectivity index (χ1v) is 10.6. The molecule has 11 heteroatoms. The highest BCUT2D eigenvalue weighted by Gasteiger charge is 2.25. The number of carbonyl (C=O) groups excluding carboxylic acids is 1. The molecule has 2 aromatic heterocycles. The molecule has 0 aliphatic rings. The third-order valence-electron chi connectivity index (χ3n) is 4.97. The zero-order valence-corrected chi connectivity index (χ0v) is 18.5. The fourth-order valence-corrected chi connectivity index (χ4v) is 3.38. The highest BCUT2D eigenvalue weighted by Crippen LogP contribution is 2.20. The van der Waals surface area contributed by atoms with E-state index in [0.29, 0.717) is 13.1 Å². The smallest absolute Gasteiger partial charge is 0.330 e. The molecule has 170 valence electrons. The number of hydrogen-bond acceptors (Lipinski definition) is 7. The Morgan fingerprint density at radius 1 is 1.22 bits per heavy atom. The normalized spacial score (nSPS) is 11.1. The minimum Gasteiger partial charge on any atom is -0.383 e. The summed E-state index contributed by atoms with van der Waals surface area (Å²) in [6.45, 7) is 6.54. The van der Waals surface area contributed by atoms with Gasteiger partial charge in [0.1, 0.15) is 12.1 Å². The van der Waals surface area contributed by atoms with E-state index in [1.54, 1.807) is 24.3 Å². The van der Waals surface area contributed by atoms with Crippen molar-refractivity contribution in [2.75, 3.05) is 17.2 Å². The van der Waals surface area contributed by atoms with Crippen LogP contribution in [0, 0.1) is 5.92 Å². The van der Waals surface area contributed by atoms with Crippen molar-refractivity contribution in [2.45, 2.75) is 46.6 Å². The van der Waals surface area contributed by atoms with E-state index in [2.05, 4.69) is 20.5 Å². The van der Waals surface area contributed by atoms with E-state index < -0.39 is 11.2 Å². The number of tetrazole rings is 1. The second-order valence-electron chi connectivity index (χ2n) is 7.99. The Kier molecular flexibility index (Phi) is 7.18. The van der Waals surface area contributed by atoms with Crippen LogP contribution in [0.15, 0.2) is 40.2 Å². The molecule has 0 atom stereocenters. The van der Waals surface area contributed by atoms with Gasteiger partial charge >= 0.3 is 5.69 Å². The summed E-state index contributed by atoms with van der Waals surface area (Å²) in [7, 11) is 0. The van der Waals surface area contributed by atoms with Crippen molar-refractivity contribution in [2.24, 2.45) is 5.92 Å². The van der Waals surface area contributed by atoms with Gasteiger partial charge in [-0.15, -0.1) is 5.10 Å². The van der Waals surface area contributed by atoms with Crippen LogP contribution in [0.25, 0.3) is 5.69 Å². The van der Waals surface area contributed by atoms with Crippen molar-refractivity contribution in [3.05, 3.63) is 57.0 Å². The van der Waals surface area contributed by atoms with Gasteiger partial charge in [0, 0.05) is 13.1 Å². The molecule has 0 fully saturated rings. The average Bonchev–Trinajstić information content (AvgIpc) is 3.28. The fourth-order valence-electron chi connectivity index (χ4n) is 3.38. The van der Waals surface area contributed by atoms with Gasteiger partial charge in [-0.25, -0.2) is 9.48 Å². The molecule has 3 aromatic rings. The average molecular weight is 441 g/mol. The number of rotatable bonds is 9. The lowest BCUT2D eigenvalue weighted by atomic mass is 10.1. The van der Waals surface area contributed by atoms with E-state index in [-0.39, 0.29) is 29.8 Å². The van der Waals surface area contributed by atoms with Crippen molar-refractivity contribution in [3.63, 3.8) is 0 Å². The third-order valence-corrected chi connectivity index (χ3v) is 4.97. The summed E-state index contributed by atoms with van der Waals surface area (Å²) in [6.07, 6.45) is 3.12. The van der Waals surface area contributed by atoms with Crippen molar-refractivity contribution >= 4 is 17.4 Å².